The minimum absolute atomic E-state index is 0.0242. The highest BCUT2D eigenvalue weighted by Crippen LogP contribution is 2.52. The van der Waals surface area contributed by atoms with Gasteiger partial charge in [-0.15, -0.1) is 11.3 Å². The summed E-state index contributed by atoms with van der Waals surface area (Å²) in [5.41, 5.74) is 0.454. The van der Waals surface area contributed by atoms with E-state index in [1.807, 2.05) is 6.92 Å². The molecule has 1 N–H and O–H groups in total. The van der Waals surface area contributed by atoms with Crippen LogP contribution in [0.4, 0.5) is 4.79 Å². The van der Waals surface area contributed by atoms with E-state index in [0.717, 1.165) is 49.7 Å². The second-order valence-corrected chi connectivity index (χ2v) is 13.3. The second-order valence-electron chi connectivity index (χ2n) is 10.4. The van der Waals surface area contributed by atoms with Crippen molar-refractivity contribution in [3.63, 3.8) is 0 Å². The molecule has 0 radical (unpaired) electrons. The molecule has 5 atom stereocenters. The Kier molecular flexibility index (Phi) is 7.22. The standard InChI is InChI=1S/C25H31N3O9S2/c1-12-17(16-10-27-11-26-21(23(27)38-16)39(4,33)34)20(28-19(12)18(13(2)29)22(28)30)24(31)35-14(3)36-25(32)37-15-8-6-5-7-9-15/h10-15,18-19,29H,5-9H2,1-4H3/t12-,13+,14?,18+,19+/m0/s1. The molecular formula is C25H31N3O9S2. The van der Waals surface area contributed by atoms with Crippen LogP contribution in [0.1, 0.15) is 57.8 Å². The van der Waals surface area contributed by atoms with Crippen molar-refractivity contribution in [3.8, 4) is 0 Å². The van der Waals surface area contributed by atoms with Crippen molar-refractivity contribution in [1.82, 2.24) is 14.3 Å². The number of β-lactam (4-membered cyclic amide) rings is 1. The van der Waals surface area contributed by atoms with Gasteiger partial charge in [0.05, 0.1) is 22.9 Å². The zero-order valence-corrected chi connectivity index (χ0v) is 23.7. The predicted molar refractivity (Wildman–Crippen MR) is 138 cm³/mol. The predicted octanol–water partition coefficient (Wildman–Crippen LogP) is 2.74. The molecule has 2 aromatic heterocycles. The number of rotatable bonds is 7. The summed E-state index contributed by atoms with van der Waals surface area (Å²) in [7, 11) is -3.60. The van der Waals surface area contributed by atoms with Crippen LogP contribution in [0.25, 0.3) is 10.4 Å². The van der Waals surface area contributed by atoms with E-state index in [1.54, 1.807) is 10.6 Å². The van der Waals surface area contributed by atoms with Crippen LogP contribution < -0.4 is 0 Å². The molecule has 3 aliphatic rings. The molecule has 39 heavy (non-hydrogen) atoms. The summed E-state index contributed by atoms with van der Waals surface area (Å²) in [5.74, 6) is -2.39. The number of carbonyl (C=O) groups excluding carboxylic acids is 3. The maximum atomic E-state index is 13.5. The van der Waals surface area contributed by atoms with Crippen LogP contribution in [0.2, 0.25) is 0 Å². The third-order valence-corrected chi connectivity index (χ3v) is 9.79. The van der Waals surface area contributed by atoms with Crippen LogP contribution in [0.5, 0.6) is 0 Å². The Morgan fingerprint density at radius 1 is 1.18 bits per heavy atom. The molecule has 1 saturated heterocycles. The molecular weight excluding hydrogens is 550 g/mol. The summed E-state index contributed by atoms with van der Waals surface area (Å²) in [6.45, 7) is 4.74. The van der Waals surface area contributed by atoms with E-state index in [2.05, 4.69) is 4.98 Å². The van der Waals surface area contributed by atoms with Gasteiger partial charge in [-0.2, -0.15) is 0 Å². The molecule has 1 saturated carbocycles. The molecule has 1 aliphatic carbocycles. The van der Waals surface area contributed by atoms with E-state index in [9.17, 15) is 27.9 Å². The van der Waals surface area contributed by atoms with E-state index in [4.69, 9.17) is 14.2 Å². The van der Waals surface area contributed by atoms with Crippen LogP contribution in [0.15, 0.2) is 23.2 Å². The van der Waals surface area contributed by atoms with Crippen molar-refractivity contribution in [1.29, 1.82) is 0 Å². The topological polar surface area (TPSA) is 154 Å². The second kappa shape index (κ2) is 10.2. The number of hydrogen-bond acceptors (Lipinski definition) is 11. The van der Waals surface area contributed by atoms with Gasteiger partial charge in [-0.3, -0.25) is 9.20 Å². The first-order valence-corrected chi connectivity index (χ1v) is 15.6. The fourth-order valence-electron chi connectivity index (χ4n) is 5.75. The normalized spacial score (nSPS) is 25.3. The highest BCUT2D eigenvalue weighted by Gasteiger charge is 2.60. The minimum Gasteiger partial charge on any atom is -0.431 e. The molecule has 5 rings (SSSR count). The van der Waals surface area contributed by atoms with Gasteiger partial charge in [-0.25, -0.2) is 23.0 Å². The Morgan fingerprint density at radius 2 is 1.87 bits per heavy atom. The third-order valence-electron chi connectivity index (χ3n) is 7.51. The number of carbonyl (C=O) groups is 3. The van der Waals surface area contributed by atoms with Gasteiger partial charge < -0.3 is 24.2 Å². The van der Waals surface area contributed by atoms with Crippen molar-refractivity contribution >= 4 is 49.6 Å². The van der Waals surface area contributed by atoms with Gasteiger partial charge in [0.15, 0.2) is 14.9 Å². The lowest BCUT2D eigenvalue weighted by molar-refractivity contribution is -0.174. The first kappa shape index (κ1) is 27.6. The maximum Gasteiger partial charge on any atom is 0.511 e. The number of nitrogens with zero attached hydrogens (tertiary/aromatic N) is 3. The van der Waals surface area contributed by atoms with Gasteiger partial charge in [0.2, 0.25) is 12.2 Å². The number of fused-ring (bicyclic) bond motifs is 2. The van der Waals surface area contributed by atoms with Gasteiger partial charge in [-0.1, -0.05) is 13.3 Å². The highest BCUT2D eigenvalue weighted by atomic mass is 32.2. The molecule has 1 amide bonds. The molecule has 14 heteroatoms. The zero-order valence-electron chi connectivity index (χ0n) is 22.0. The van der Waals surface area contributed by atoms with Gasteiger partial charge in [-0.05, 0) is 32.6 Å². The number of aromatic nitrogens is 2. The lowest BCUT2D eigenvalue weighted by atomic mass is 9.77. The van der Waals surface area contributed by atoms with Gasteiger partial charge in [0.25, 0.3) is 0 Å². The van der Waals surface area contributed by atoms with Crippen LogP contribution >= 0.6 is 11.3 Å². The van der Waals surface area contributed by atoms with Crippen LogP contribution in [-0.2, 0) is 33.6 Å². The average molecular weight is 582 g/mol. The quantitative estimate of drug-likeness (QED) is 0.293. The van der Waals surface area contributed by atoms with Crippen LogP contribution in [-0.4, -0.2) is 76.6 Å². The molecule has 2 aromatic rings. The number of amides is 1. The van der Waals surface area contributed by atoms with Crippen molar-refractivity contribution in [2.75, 3.05) is 6.26 Å². The van der Waals surface area contributed by atoms with Crippen LogP contribution in [0.3, 0.4) is 0 Å². The molecule has 0 bridgehead atoms. The molecule has 2 aliphatic heterocycles. The number of imidazole rings is 1. The first-order valence-electron chi connectivity index (χ1n) is 12.9. The minimum atomic E-state index is -3.60. The average Bonchev–Trinajstić information content (AvgIpc) is 3.48. The Balaban J connectivity index is 1.43. The third kappa shape index (κ3) is 4.93. The summed E-state index contributed by atoms with van der Waals surface area (Å²) >= 11 is 1.12. The van der Waals surface area contributed by atoms with Crippen molar-refractivity contribution in [2.24, 2.45) is 11.8 Å². The Morgan fingerprint density at radius 3 is 2.51 bits per heavy atom. The number of thiazole rings is 1. The molecule has 12 nitrogen and oxygen atoms in total. The van der Waals surface area contributed by atoms with E-state index < -0.39 is 52.2 Å². The number of hydrogen-bond donors (Lipinski definition) is 1. The maximum absolute atomic E-state index is 13.5. The molecule has 1 unspecified atom stereocenters. The van der Waals surface area contributed by atoms with Gasteiger partial charge in [0, 0.05) is 30.9 Å². The first-order chi connectivity index (χ1) is 18.4. The smallest absolute Gasteiger partial charge is 0.431 e. The summed E-state index contributed by atoms with van der Waals surface area (Å²) in [6.07, 6.45) is 5.24. The molecule has 4 heterocycles. The Bertz CT molecular complexity index is 1450. The largest absolute Gasteiger partial charge is 0.511 e. The van der Waals surface area contributed by atoms with E-state index in [0.29, 0.717) is 15.3 Å². The fraction of sp³-hybridized carbons (Fsp3) is 0.600. The van der Waals surface area contributed by atoms with Gasteiger partial charge >= 0.3 is 12.1 Å². The summed E-state index contributed by atoms with van der Waals surface area (Å²) in [4.78, 5) is 45.0. The summed E-state index contributed by atoms with van der Waals surface area (Å²) in [6, 6.07) is -0.489. The molecule has 2 fully saturated rings. The number of esters is 1. The number of aliphatic hydroxyl groups is 1. The number of aliphatic hydroxyl groups excluding tert-OH is 1. The SMILES string of the molecule is CC(OC(=O)OC1CCCCC1)OC(=O)C1=C(c2cn3cnc(S(C)(=O)=O)c3s2)[C@H](C)[C@@H]2[C@@H]([C@@H](C)O)C(=O)N12. The lowest BCUT2D eigenvalue weighted by Crippen LogP contribution is -2.63. The Labute approximate surface area is 229 Å². The van der Waals surface area contributed by atoms with Crippen LogP contribution in [0, 0.1) is 11.8 Å². The van der Waals surface area contributed by atoms with E-state index in [-0.39, 0.29) is 22.7 Å². The fourth-order valence-corrected chi connectivity index (χ4v) is 8.11. The summed E-state index contributed by atoms with van der Waals surface area (Å²) < 4.78 is 41.9. The molecule has 0 aromatic carbocycles. The summed E-state index contributed by atoms with van der Waals surface area (Å²) in [5, 5.41) is 10.2. The highest BCUT2D eigenvalue weighted by molar-refractivity contribution is 7.91. The zero-order chi connectivity index (χ0) is 28.2. The lowest BCUT2D eigenvalue weighted by Gasteiger charge is -2.46. The van der Waals surface area contributed by atoms with Crippen molar-refractivity contribution < 1.29 is 42.1 Å². The van der Waals surface area contributed by atoms with Gasteiger partial charge in [0.1, 0.15) is 23.0 Å². The molecule has 0 spiro atoms. The number of sulfone groups is 1. The van der Waals surface area contributed by atoms with E-state index in [1.165, 1.54) is 25.1 Å². The number of ether oxygens (including phenoxy) is 3. The van der Waals surface area contributed by atoms with Crippen molar-refractivity contribution in [3.05, 3.63) is 23.1 Å². The Hall–Kier alpha value is -2.97. The van der Waals surface area contributed by atoms with Crippen molar-refractivity contribution in [2.45, 2.75) is 82.4 Å². The molecule has 212 valence electrons. The monoisotopic (exact) mass is 581 g/mol. The van der Waals surface area contributed by atoms with E-state index >= 15 is 0 Å².